The minimum atomic E-state index is -0.580. The van der Waals surface area contributed by atoms with Crippen LogP contribution >= 0.6 is 0 Å². The summed E-state index contributed by atoms with van der Waals surface area (Å²) < 4.78 is 23.1. The van der Waals surface area contributed by atoms with E-state index in [0.29, 0.717) is 47.1 Å². The summed E-state index contributed by atoms with van der Waals surface area (Å²) in [6.07, 6.45) is 1.97. The molecule has 3 aromatic rings. The molecule has 0 radical (unpaired) electrons. The largest absolute Gasteiger partial charge is 0.493 e. The van der Waals surface area contributed by atoms with Gasteiger partial charge < -0.3 is 24.3 Å². The number of para-hydroxylation sites is 1. The summed E-state index contributed by atoms with van der Waals surface area (Å²) in [7, 11) is 1.58. The maximum atomic E-state index is 13.5. The van der Waals surface area contributed by atoms with E-state index < -0.39 is 11.9 Å². The third kappa shape index (κ3) is 6.04. The van der Waals surface area contributed by atoms with Crippen LogP contribution in [0.2, 0.25) is 0 Å². The number of methoxy groups -OCH3 is 1. The van der Waals surface area contributed by atoms with Crippen LogP contribution in [0.25, 0.3) is 0 Å². The minimum Gasteiger partial charge on any atom is -0.493 e. The first-order valence-corrected chi connectivity index (χ1v) is 13.5. The van der Waals surface area contributed by atoms with Gasteiger partial charge in [0.05, 0.1) is 12.7 Å². The lowest BCUT2D eigenvalue weighted by Crippen LogP contribution is -2.34. The summed E-state index contributed by atoms with van der Waals surface area (Å²) >= 11 is 0. The third-order valence-corrected chi connectivity index (χ3v) is 7.08. The summed E-state index contributed by atoms with van der Waals surface area (Å²) in [5, 5.41) is 3.32. The van der Waals surface area contributed by atoms with Gasteiger partial charge >= 0.3 is 5.97 Å². The molecule has 7 nitrogen and oxygen atoms in total. The number of rotatable bonds is 10. The molecule has 0 aromatic heterocycles. The number of benzene rings is 3. The molecule has 2 aliphatic rings. The van der Waals surface area contributed by atoms with Crippen molar-refractivity contribution in [3.8, 4) is 17.2 Å². The van der Waals surface area contributed by atoms with Gasteiger partial charge in [-0.3, -0.25) is 4.79 Å². The van der Waals surface area contributed by atoms with E-state index in [1.54, 1.807) is 7.11 Å². The normalized spacial score (nSPS) is 16.6. The lowest BCUT2D eigenvalue weighted by atomic mass is 9.75. The molecule has 5 rings (SSSR count). The van der Waals surface area contributed by atoms with Crippen molar-refractivity contribution >= 4 is 11.8 Å². The SMILES string of the molecule is COc1cc([C@@H]2C(C(=O)OCCOc3ccccc3)=C(C)NC3=C2C(=O)CCC3)ccc1OCc1ccccc1. The number of allylic oxidation sites excluding steroid dienone is 3. The second-order valence-corrected chi connectivity index (χ2v) is 9.75. The van der Waals surface area contributed by atoms with E-state index in [1.165, 1.54) is 0 Å². The van der Waals surface area contributed by atoms with Crippen molar-refractivity contribution in [2.75, 3.05) is 20.3 Å². The molecular formula is C33H33NO6. The molecule has 206 valence electrons. The van der Waals surface area contributed by atoms with Crippen LogP contribution < -0.4 is 19.5 Å². The molecule has 1 heterocycles. The van der Waals surface area contributed by atoms with Crippen LogP contribution in [0.15, 0.2) is 101 Å². The van der Waals surface area contributed by atoms with Gasteiger partial charge in [0.1, 0.15) is 25.6 Å². The number of nitrogens with one attached hydrogen (secondary N) is 1. The molecule has 0 bridgehead atoms. The molecule has 1 N–H and O–H groups in total. The first-order chi connectivity index (χ1) is 19.5. The van der Waals surface area contributed by atoms with Gasteiger partial charge in [-0.15, -0.1) is 0 Å². The predicted molar refractivity (Wildman–Crippen MR) is 151 cm³/mol. The number of hydrogen-bond acceptors (Lipinski definition) is 7. The van der Waals surface area contributed by atoms with E-state index in [0.717, 1.165) is 29.7 Å². The quantitative estimate of drug-likeness (QED) is 0.255. The summed E-state index contributed by atoms with van der Waals surface area (Å²) in [5.74, 6) is 0.779. The number of Topliss-reactive ketones (excluding diaryl/α,β-unsaturated/α-hetero) is 1. The zero-order valence-corrected chi connectivity index (χ0v) is 22.8. The molecular weight excluding hydrogens is 506 g/mol. The molecule has 0 amide bonds. The van der Waals surface area contributed by atoms with Crippen LogP contribution in [0.1, 0.15) is 43.2 Å². The Morgan fingerprint density at radius 3 is 2.40 bits per heavy atom. The Morgan fingerprint density at radius 2 is 1.65 bits per heavy atom. The van der Waals surface area contributed by atoms with Crippen molar-refractivity contribution in [1.82, 2.24) is 5.32 Å². The van der Waals surface area contributed by atoms with Crippen LogP contribution in [0, 0.1) is 0 Å². The van der Waals surface area contributed by atoms with E-state index in [9.17, 15) is 9.59 Å². The highest BCUT2D eigenvalue weighted by molar-refractivity contribution is 6.03. The van der Waals surface area contributed by atoms with Crippen molar-refractivity contribution in [2.45, 2.75) is 38.7 Å². The summed E-state index contributed by atoms with van der Waals surface area (Å²) in [6.45, 7) is 2.53. The van der Waals surface area contributed by atoms with Crippen molar-refractivity contribution in [2.24, 2.45) is 0 Å². The number of dihydropyridines is 1. The Morgan fingerprint density at radius 1 is 0.900 bits per heavy atom. The van der Waals surface area contributed by atoms with Gasteiger partial charge in [0.2, 0.25) is 0 Å². The Bertz CT molecular complexity index is 1430. The Hall–Kier alpha value is -4.52. The first-order valence-electron chi connectivity index (χ1n) is 13.5. The van der Waals surface area contributed by atoms with Gasteiger partial charge in [-0.25, -0.2) is 4.79 Å². The monoisotopic (exact) mass is 539 g/mol. The molecule has 3 aromatic carbocycles. The second-order valence-electron chi connectivity index (χ2n) is 9.75. The molecule has 0 fully saturated rings. The Kier molecular flexibility index (Phi) is 8.50. The molecule has 1 aliphatic heterocycles. The second kappa shape index (κ2) is 12.6. The van der Waals surface area contributed by atoms with Gasteiger partial charge in [0.25, 0.3) is 0 Å². The van der Waals surface area contributed by atoms with Gasteiger partial charge in [-0.05, 0) is 55.2 Å². The number of ether oxygens (including phenoxy) is 4. The minimum absolute atomic E-state index is 0.0346. The molecule has 0 spiro atoms. The fraction of sp³-hybridized carbons (Fsp3) is 0.273. The highest BCUT2D eigenvalue weighted by Gasteiger charge is 2.39. The molecule has 1 atom stereocenters. The Balaban J connectivity index is 1.40. The zero-order valence-electron chi connectivity index (χ0n) is 22.8. The number of carbonyl (C=O) groups is 2. The van der Waals surface area contributed by atoms with Crippen LogP contribution in [0.3, 0.4) is 0 Å². The molecule has 0 saturated carbocycles. The number of esters is 1. The van der Waals surface area contributed by atoms with E-state index >= 15 is 0 Å². The summed E-state index contributed by atoms with van der Waals surface area (Å²) in [4.78, 5) is 26.7. The van der Waals surface area contributed by atoms with Gasteiger partial charge in [-0.1, -0.05) is 54.6 Å². The van der Waals surface area contributed by atoms with Gasteiger partial charge in [0.15, 0.2) is 17.3 Å². The van der Waals surface area contributed by atoms with Crippen molar-refractivity contribution in [3.63, 3.8) is 0 Å². The standard InChI is InChI=1S/C33H33NO6/c1-22-30(33(36)39-19-18-38-25-12-7-4-8-13-25)31(32-26(34-22)14-9-15-27(32)35)24-16-17-28(29(20-24)37-2)40-21-23-10-5-3-6-11-23/h3-8,10-13,16-17,20,31,34H,9,14-15,18-19,21H2,1-2H3/t31-/m1/s1. The van der Waals surface area contributed by atoms with Crippen LogP contribution in [-0.2, 0) is 20.9 Å². The lowest BCUT2D eigenvalue weighted by molar-refractivity contribution is -0.140. The number of carbonyl (C=O) groups excluding carboxylic acids is 2. The summed E-state index contributed by atoms with van der Waals surface area (Å²) in [6, 6.07) is 24.8. The van der Waals surface area contributed by atoms with E-state index in [-0.39, 0.29) is 19.0 Å². The van der Waals surface area contributed by atoms with Crippen molar-refractivity contribution in [1.29, 1.82) is 0 Å². The van der Waals surface area contributed by atoms with Crippen molar-refractivity contribution in [3.05, 3.63) is 113 Å². The van der Waals surface area contributed by atoms with E-state index in [4.69, 9.17) is 18.9 Å². The maximum Gasteiger partial charge on any atom is 0.336 e. The topological polar surface area (TPSA) is 83.1 Å². The maximum absolute atomic E-state index is 13.5. The molecule has 7 heteroatoms. The highest BCUT2D eigenvalue weighted by Crippen LogP contribution is 2.44. The smallest absolute Gasteiger partial charge is 0.336 e. The fourth-order valence-corrected chi connectivity index (χ4v) is 5.19. The number of ketones is 1. The van der Waals surface area contributed by atoms with Gasteiger partial charge in [0, 0.05) is 29.3 Å². The fourth-order valence-electron chi connectivity index (χ4n) is 5.19. The summed E-state index contributed by atoms with van der Waals surface area (Å²) in [5.41, 5.74) is 4.37. The molecule has 40 heavy (non-hydrogen) atoms. The highest BCUT2D eigenvalue weighted by atomic mass is 16.6. The predicted octanol–water partition coefficient (Wildman–Crippen LogP) is 5.86. The average Bonchev–Trinajstić information content (AvgIpc) is 2.98. The number of hydrogen-bond donors (Lipinski definition) is 1. The molecule has 1 aliphatic carbocycles. The van der Waals surface area contributed by atoms with Crippen molar-refractivity contribution < 1.29 is 28.5 Å². The molecule has 0 unspecified atom stereocenters. The first kappa shape index (κ1) is 27.1. The van der Waals surface area contributed by atoms with Crippen LogP contribution in [-0.4, -0.2) is 32.1 Å². The molecule has 0 saturated heterocycles. The zero-order chi connectivity index (χ0) is 27.9. The van der Waals surface area contributed by atoms with Gasteiger partial charge in [-0.2, -0.15) is 0 Å². The van der Waals surface area contributed by atoms with E-state index in [1.807, 2.05) is 85.8 Å². The third-order valence-electron chi connectivity index (χ3n) is 7.08. The van der Waals surface area contributed by atoms with Crippen LogP contribution in [0.4, 0.5) is 0 Å². The lowest BCUT2D eigenvalue weighted by Gasteiger charge is -2.34. The average molecular weight is 540 g/mol. The van der Waals surface area contributed by atoms with E-state index in [2.05, 4.69) is 5.32 Å². The Labute approximate surface area is 234 Å². The van der Waals surface area contributed by atoms with Crippen LogP contribution in [0.5, 0.6) is 17.2 Å².